The summed E-state index contributed by atoms with van der Waals surface area (Å²) in [6.07, 6.45) is 6.23. The second-order valence-corrected chi connectivity index (χ2v) is 8.12. The van der Waals surface area contributed by atoms with E-state index in [4.69, 9.17) is 0 Å². The Bertz CT molecular complexity index is 655. The monoisotopic (exact) mass is 310 g/mol. The highest BCUT2D eigenvalue weighted by atomic mass is 16.2. The van der Waals surface area contributed by atoms with Gasteiger partial charge in [0.1, 0.15) is 0 Å². The van der Waals surface area contributed by atoms with E-state index in [0.29, 0.717) is 29.8 Å². The highest BCUT2D eigenvalue weighted by molar-refractivity contribution is 5.98. The van der Waals surface area contributed by atoms with Crippen LogP contribution in [0.3, 0.4) is 0 Å². The van der Waals surface area contributed by atoms with Crippen molar-refractivity contribution in [2.45, 2.75) is 57.0 Å². The van der Waals surface area contributed by atoms with Crippen molar-refractivity contribution >= 4 is 5.91 Å². The second kappa shape index (κ2) is 5.07. The van der Waals surface area contributed by atoms with E-state index in [1.165, 1.54) is 43.4 Å². The number of fused-ring (bicyclic) bond motifs is 3. The van der Waals surface area contributed by atoms with Crippen molar-refractivity contribution in [1.82, 2.24) is 9.80 Å². The SMILES string of the molecule is C[C@H]1CC2CCN1CC2N1C[C@@H]2CCCc3cccc(c32)C1=O. The van der Waals surface area contributed by atoms with E-state index in [0.717, 1.165) is 25.1 Å². The molecule has 23 heavy (non-hydrogen) atoms. The van der Waals surface area contributed by atoms with Crippen LogP contribution in [0.5, 0.6) is 0 Å². The first-order valence-electron chi connectivity index (χ1n) is 9.39. The van der Waals surface area contributed by atoms with Gasteiger partial charge in [-0.3, -0.25) is 9.69 Å². The van der Waals surface area contributed by atoms with Gasteiger partial charge in [-0.2, -0.15) is 0 Å². The molecule has 5 atom stereocenters. The Morgan fingerprint density at radius 1 is 1.17 bits per heavy atom. The van der Waals surface area contributed by atoms with Crippen LogP contribution in [0.1, 0.15) is 60.0 Å². The summed E-state index contributed by atoms with van der Waals surface area (Å²) in [5, 5.41) is 0. The third-order valence-corrected chi connectivity index (χ3v) is 6.93. The maximum absolute atomic E-state index is 13.2. The van der Waals surface area contributed by atoms with Crippen LogP contribution in [0, 0.1) is 5.92 Å². The van der Waals surface area contributed by atoms with Gasteiger partial charge in [-0.05, 0) is 68.7 Å². The Labute approximate surface area is 138 Å². The van der Waals surface area contributed by atoms with Crippen molar-refractivity contribution in [3.63, 3.8) is 0 Å². The Morgan fingerprint density at radius 2 is 2.09 bits per heavy atom. The van der Waals surface area contributed by atoms with Gasteiger partial charge in [0.2, 0.25) is 0 Å². The fourth-order valence-electron chi connectivity index (χ4n) is 5.75. The fourth-order valence-corrected chi connectivity index (χ4v) is 5.75. The van der Waals surface area contributed by atoms with Crippen molar-refractivity contribution in [3.05, 3.63) is 34.9 Å². The third kappa shape index (κ3) is 2.02. The molecule has 0 aromatic heterocycles. The Morgan fingerprint density at radius 3 is 2.87 bits per heavy atom. The van der Waals surface area contributed by atoms with Gasteiger partial charge in [-0.1, -0.05) is 12.1 Å². The molecule has 1 amide bonds. The van der Waals surface area contributed by atoms with Crippen molar-refractivity contribution in [2.75, 3.05) is 19.6 Å². The summed E-state index contributed by atoms with van der Waals surface area (Å²) in [5.74, 6) is 1.61. The first-order valence-corrected chi connectivity index (χ1v) is 9.39. The van der Waals surface area contributed by atoms with Gasteiger partial charge in [0, 0.05) is 36.7 Å². The molecule has 3 heteroatoms. The quantitative estimate of drug-likeness (QED) is 0.796. The number of nitrogens with zero attached hydrogens (tertiary/aromatic N) is 2. The van der Waals surface area contributed by atoms with E-state index in [1.54, 1.807) is 0 Å². The molecule has 3 nitrogen and oxygen atoms in total. The van der Waals surface area contributed by atoms with Crippen LogP contribution in [-0.4, -0.2) is 47.4 Å². The topological polar surface area (TPSA) is 23.6 Å². The minimum atomic E-state index is 0.311. The number of carbonyl (C=O) groups excluding carboxylic acids is 1. The zero-order valence-corrected chi connectivity index (χ0v) is 14.0. The highest BCUT2D eigenvalue weighted by Crippen LogP contribution is 2.42. The number of aryl methyl sites for hydroxylation is 1. The predicted octanol–water partition coefficient (Wildman–Crippen LogP) is 3.05. The molecular weight excluding hydrogens is 284 g/mol. The molecule has 6 rings (SSSR count). The van der Waals surface area contributed by atoms with Crippen LogP contribution in [0.2, 0.25) is 0 Å². The molecule has 122 valence electrons. The smallest absolute Gasteiger partial charge is 0.254 e. The summed E-state index contributed by atoms with van der Waals surface area (Å²) in [4.78, 5) is 18.1. The van der Waals surface area contributed by atoms with Gasteiger partial charge >= 0.3 is 0 Å². The van der Waals surface area contributed by atoms with E-state index in [9.17, 15) is 4.79 Å². The van der Waals surface area contributed by atoms with Crippen LogP contribution in [0.25, 0.3) is 0 Å². The van der Waals surface area contributed by atoms with Gasteiger partial charge in [0.25, 0.3) is 5.91 Å². The van der Waals surface area contributed by atoms with E-state index in [-0.39, 0.29) is 0 Å². The normalized spacial score (nSPS) is 38.6. The molecule has 1 aromatic carbocycles. The fraction of sp³-hybridized carbons (Fsp3) is 0.650. The van der Waals surface area contributed by atoms with Crippen LogP contribution >= 0.6 is 0 Å². The van der Waals surface area contributed by atoms with E-state index < -0.39 is 0 Å². The number of hydrogen-bond acceptors (Lipinski definition) is 2. The average Bonchev–Trinajstić information content (AvgIpc) is 2.58. The number of carbonyl (C=O) groups is 1. The number of hydrogen-bond donors (Lipinski definition) is 0. The lowest BCUT2D eigenvalue weighted by Gasteiger charge is -2.53. The van der Waals surface area contributed by atoms with Crippen LogP contribution in [-0.2, 0) is 6.42 Å². The molecule has 4 aliphatic heterocycles. The molecule has 1 aromatic rings. The Hall–Kier alpha value is -1.35. The maximum atomic E-state index is 13.2. The molecule has 0 spiro atoms. The second-order valence-electron chi connectivity index (χ2n) is 8.12. The zero-order valence-electron chi connectivity index (χ0n) is 14.0. The standard InChI is InChI=1S/C20H26N2O/c1-13-10-15-8-9-21(13)12-18(15)22-11-16-6-2-4-14-5-3-7-17(19(14)16)20(22)23/h3,5,7,13,15-16,18H,2,4,6,8-12H2,1H3/t13-,15?,16-,18?/m0/s1. The molecule has 3 fully saturated rings. The molecule has 2 bridgehead atoms. The largest absolute Gasteiger partial charge is 0.333 e. The molecule has 0 N–H and O–H groups in total. The third-order valence-electron chi connectivity index (χ3n) is 6.93. The van der Waals surface area contributed by atoms with Gasteiger partial charge in [0.15, 0.2) is 0 Å². The minimum absolute atomic E-state index is 0.311. The number of piperidine rings is 3. The average molecular weight is 310 g/mol. The molecule has 1 aliphatic carbocycles. The number of benzene rings is 1. The van der Waals surface area contributed by atoms with Crippen LogP contribution in [0.4, 0.5) is 0 Å². The summed E-state index contributed by atoms with van der Waals surface area (Å²) in [7, 11) is 0. The molecule has 3 unspecified atom stereocenters. The van der Waals surface area contributed by atoms with E-state index in [2.05, 4.69) is 34.9 Å². The number of amides is 1. The first-order chi connectivity index (χ1) is 11.2. The van der Waals surface area contributed by atoms with E-state index >= 15 is 0 Å². The molecule has 4 heterocycles. The van der Waals surface area contributed by atoms with Gasteiger partial charge in [-0.15, -0.1) is 0 Å². The van der Waals surface area contributed by atoms with Gasteiger partial charge < -0.3 is 4.90 Å². The van der Waals surface area contributed by atoms with E-state index in [1.807, 2.05) is 0 Å². The first kappa shape index (κ1) is 14.0. The van der Waals surface area contributed by atoms with Gasteiger partial charge in [-0.25, -0.2) is 0 Å². The van der Waals surface area contributed by atoms with Crippen LogP contribution in [0.15, 0.2) is 18.2 Å². The lowest BCUT2D eigenvalue weighted by molar-refractivity contribution is -0.0217. The molecule has 0 saturated carbocycles. The molecule has 5 aliphatic rings. The molecular formula is C20H26N2O. The number of rotatable bonds is 1. The van der Waals surface area contributed by atoms with Crippen molar-refractivity contribution in [2.24, 2.45) is 5.92 Å². The predicted molar refractivity (Wildman–Crippen MR) is 90.7 cm³/mol. The maximum Gasteiger partial charge on any atom is 0.254 e. The van der Waals surface area contributed by atoms with Crippen molar-refractivity contribution in [1.29, 1.82) is 0 Å². The summed E-state index contributed by atoms with van der Waals surface area (Å²) in [5.41, 5.74) is 3.85. The zero-order chi connectivity index (χ0) is 15.6. The summed E-state index contributed by atoms with van der Waals surface area (Å²) < 4.78 is 0. The van der Waals surface area contributed by atoms with Crippen LogP contribution < -0.4 is 0 Å². The van der Waals surface area contributed by atoms with Gasteiger partial charge in [0.05, 0.1) is 0 Å². The summed E-state index contributed by atoms with van der Waals surface area (Å²) in [6, 6.07) is 7.57. The lowest BCUT2D eigenvalue weighted by atomic mass is 9.74. The lowest BCUT2D eigenvalue weighted by Crippen LogP contribution is -2.62. The molecule has 3 saturated heterocycles. The Balaban J connectivity index is 1.51. The minimum Gasteiger partial charge on any atom is -0.333 e. The Kier molecular flexibility index (Phi) is 3.09. The summed E-state index contributed by atoms with van der Waals surface area (Å²) >= 11 is 0. The molecule has 0 radical (unpaired) electrons. The van der Waals surface area contributed by atoms with Crippen molar-refractivity contribution < 1.29 is 4.79 Å². The highest BCUT2D eigenvalue weighted by Gasteiger charge is 2.45. The summed E-state index contributed by atoms with van der Waals surface area (Å²) in [6.45, 7) is 5.64. The van der Waals surface area contributed by atoms with Crippen molar-refractivity contribution in [3.8, 4) is 0 Å².